The lowest BCUT2D eigenvalue weighted by Crippen LogP contribution is -2.00. The van der Waals surface area contributed by atoms with Crippen LogP contribution in [0.25, 0.3) is 0 Å². The van der Waals surface area contributed by atoms with Crippen LogP contribution in [0.5, 0.6) is 0 Å². The summed E-state index contributed by atoms with van der Waals surface area (Å²) >= 11 is 2.25. The molecule has 0 aliphatic carbocycles. The van der Waals surface area contributed by atoms with Crippen molar-refractivity contribution in [3.05, 3.63) is 57.7 Å². The Hall–Kier alpha value is -1.17. The number of hydrogen-bond acceptors (Lipinski definition) is 2. The van der Waals surface area contributed by atoms with E-state index in [1.54, 1.807) is 6.20 Å². The summed E-state index contributed by atoms with van der Waals surface area (Å²) < 4.78 is 14.0. The number of nitrogens with one attached hydrogen (secondary N) is 1. The molecule has 1 aromatic carbocycles. The highest BCUT2D eigenvalue weighted by atomic mass is 127. The van der Waals surface area contributed by atoms with Gasteiger partial charge in [-0.3, -0.25) is 4.98 Å². The number of rotatable bonds is 3. The maximum Gasteiger partial charge on any atom is 0.141 e. The van der Waals surface area contributed by atoms with Crippen molar-refractivity contribution >= 4 is 28.3 Å². The van der Waals surface area contributed by atoms with E-state index >= 15 is 0 Å². The molecule has 2 rings (SSSR count). The molecule has 0 bridgehead atoms. The van der Waals surface area contributed by atoms with E-state index in [1.807, 2.05) is 24.3 Å². The Labute approximate surface area is 107 Å². The van der Waals surface area contributed by atoms with Gasteiger partial charge in [-0.05, 0) is 58.5 Å². The van der Waals surface area contributed by atoms with Gasteiger partial charge in [-0.2, -0.15) is 0 Å². The van der Waals surface area contributed by atoms with E-state index in [2.05, 4.69) is 32.9 Å². The van der Waals surface area contributed by atoms with Crippen LogP contribution in [0.4, 0.5) is 10.1 Å². The van der Waals surface area contributed by atoms with Crippen molar-refractivity contribution in [3.8, 4) is 0 Å². The van der Waals surface area contributed by atoms with Gasteiger partial charge in [-0.1, -0.05) is 0 Å². The molecule has 1 aromatic heterocycles. The number of nitrogens with zero attached hydrogens (tertiary/aromatic N) is 1. The van der Waals surface area contributed by atoms with E-state index < -0.39 is 0 Å². The molecular formula is C12H10FIN2. The van der Waals surface area contributed by atoms with E-state index in [-0.39, 0.29) is 5.82 Å². The summed E-state index contributed by atoms with van der Waals surface area (Å²) in [7, 11) is 0. The molecular weight excluding hydrogens is 318 g/mol. The highest BCUT2D eigenvalue weighted by Crippen LogP contribution is 2.12. The molecule has 0 spiro atoms. The normalized spacial score (nSPS) is 10.1. The van der Waals surface area contributed by atoms with Crippen molar-refractivity contribution in [2.45, 2.75) is 6.54 Å². The molecule has 0 fully saturated rings. The third kappa shape index (κ3) is 3.16. The minimum Gasteiger partial charge on any atom is -0.381 e. The van der Waals surface area contributed by atoms with Crippen LogP contribution in [-0.4, -0.2) is 4.98 Å². The summed E-state index contributed by atoms with van der Waals surface area (Å²) in [5, 5.41) is 3.21. The van der Waals surface area contributed by atoms with Gasteiger partial charge in [-0.25, -0.2) is 4.39 Å². The van der Waals surface area contributed by atoms with Crippen LogP contribution in [0.1, 0.15) is 5.56 Å². The zero-order valence-corrected chi connectivity index (χ0v) is 10.6. The molecule has 82 valence electrons. The van der Waals surface area contributed by atoms with E-state index in [0.717, 1.165) is 11.3 Å². The fourth-order valence-electron chi connectivity index (χ4n) is 1.32. The second-order valence-corrected chi connectivity index (χ2v) is 4.62. The van der Waals surface area contributed by atoms with Gasteiger partial charge in [0.05, 0.1) is 6.20 Å². The smallest absolute Gasteiger partial charge is 0.141 e. The molecule has 0 aliphatic heterocycles. The maximum atomic E-state index is 12.9. The molecule has 0 saturated heterocycles. The monoisotopic (exact) mass is 328 g/mol. The molecule has 2 nitrogen and oxygen atoms in total. The first-order valence-electron chi connectivity index (χ1n) is 4.83. The van der Waals surface area contributed by atoms with Gasteiger partial charge in [0, 0.05) is 22.0 Å². The standard InChI is InChI=1S/C12H10FIN2/c13-10-5-9(6-15-8-10)7-16-12-3-1-11(14)2-4-12/h1-6,8,16H,7H2. The Kier molecular flexibility index (Phi) is 3.71. The summed E-state index contributed by atoms with van der Waals surface area (Å²) in [5.74, 6) is -0.304. The third-order valence-electron chi connectivity index (χ3n) is 2.10. The molecule has 0 unspecified atom stereocenters. The van der Waals surface area contributed by atoms with Crippen LogP contribution in [0, 0.1) is 9.39 Å². The summed E-state index contributed by atoms with van der Waals surface area (Å²) in [5.41, 5.74) is 1.85. The number of aromatic nitrogens is 1. The lowest BCUT2D eigenvalue weighted by molar-refractivity contribution is 0.619. The third-order valence-corrected chi connectivity index (χ3v) is 2.82. The molecule has 1 N–H and O–H groups in total. The lowest BCUT2D eigenvalue weighted by Gasteiger charge is -2.06. The van der Waals surface area contributed by atoms with E-state index in [4.69, 9.17) is 0 Å². The topological polar surface area (TPSA) is 24.9 Å². The molecule has 0 amide bonds. The predicted molar refractivity (Wildman–Crippen MR) is 70.7 cm³/mol. The molecule has 0 radical (unpaired) electrons. The zero-order chi connectivity index (χ0) is 11.4. The summed E-state index contributed by atoms with van der Waals surface area (Å²) in [4.78, 5) is 3.79. The van der Waals surface area contributed by atoms with E-state index in [9.17, 15) is 4.39 Å². The van der Waals surface area contributed by atoms with Crippen LogP contribution in [0.2, 0.25) is 0 Å². The van der Waals surface area contributed by atoms with Gasteiger partial charge in [-0.15, -0.1) is 0 Å². The van der Waals surface area contributed by atoms with Crippen LogP contribution in [0.3, 0.4) is 0 Å². The van der Waals surface area contributed by atoms with Crippen molar-refractivity contribution in [3.63, 3.8) is 0 Å². The Morgan fingerprint density at radius 2 is 1.94 bits per heavy atom. The van der Waals surface area contributed by atoms with E-state index in [0.29, 0.717) is 6.54 Å². The van der Waals surface area contributed by atoms with Gasteiger partial charge in [0.25, 0.3) is 0 Å². The molecule has 2 aromatic rings. The minimum absolute atomic E-state index is 0.304. The molecule has 1 heterocycles. The number of anilines is 1. The average molecular weight is 328 g/mol. The molecule has 0 atom stereocenters. The minimum atomic E-state index is -0.304. The van der Waals surface area contributed by atoms with Gasteiger partial charge in [0.1, 0.15) is 5.82 Å². The summed E-state index contributed by atoms with van der Waals surface area (Å²) in [6.07, 6.45) is 2.86. The Bertz CT molecular complexity index is 471. The molecule has 16 heavy (non-hydrogen) atoms. The number of benzene rings is 1. The number of halogens is 2. The highest BCUT2D eigenvalue weighted by molar-refractivity contribution is 14.1. The second kappa shape index (κ2) is 5.25. The SMILES string of the molecule is Fc1cncc(CNc2ccc(I)cc2)c1. The summed E-state index contributed by atoms with van der Waals surface area (Å²) in [6, 6.07) is 9.51. The first-order chi connectivity index (χ1) is 7.74. The van der Waals surface area contributed by atoms with Crippen LogP contribution < -0.4 is 5.32 Å². The van der Waals surface area contributed by atoms with Gasteiger partial charge in [0.2, 0.25) is 0 Å². The van der Waals surface area contributed by atoms with Crippen molar-refractivity contribution < 1.29 is 4.39 Å². The van der Waals surface area contributed by atoms with Crippen LogP contribution >= 0.6 is 22.6 Å². The quantitative estimate of drug-likeness (QED) is 0.873. The Morgan fingerprint density at radius 1 is 1.19 bits per heavy atom. The number of pyridine rings is 1. The first kappa shape index (κ1) is 11.3. The predicted octanol–water partition coefficient (Wildman–Crippen LogP) is 3.44. The van der Waals surface area contributed by atoms with Crippen LogP contribution in [0.15, 0.2) is 42.7 Å². The highest BCUT2D eigenvalue weighted by Gasteiger charge is 1.96. The molecule has 4 heteroatoms. The summed E-state index contributed by atoms with van der Waals surface area (Å²) in [6.45, 7) is 0.575. The first-order valence-corrected chi connectivity index (χ1v) is 5.91. The van der Waals surface area contributed by atoms with Crippen molar-refractivity contribution in [1.82, 2.24) is 4.98 Å². The average Bonchev–Trinajstić information content (AvgIpc) is 2.28. The fourth-order valence-corrected chi connectivity index (χ4v) is 1.68. The van der Waals surface area contributed by atoms with Crippen LogP contribution in [-0.2, 0) is 6.54 Å². The van der Waals surface area contributed by atoms with Crippen molar-refractivity contribution in [2.24, 2.45) is 0 Å². The largest absolute Gasteiger partial charge is 0.381 e. The maximum absolute atomic E-state index is 12.9. The Morgan fingerprint density at radius 3 is 2.62 bits per heavy atom. The van der Waals surface area contributed by atoms with Gasteiger partial charge in [0.15, 0.2) is 0 Å². The second-order valence-electron chi connectivity index (χ2n) is 3.37. The fraction of sp³-hybridized carbons (Fsp3) is 0.0833. The van der Waals surface area contributed by atoms with Gasteiger partial charge < -0.3 is 5.32 Å². The molecule has 0 saturated carbocycles. The number of hydrogen-bond donors (Lipinski definition) is 1. The van der Waals surface area contributed by atoms with Crippen molar-refractivity contribution in [1.29, 1.82) is 0 Å². The van der Waals surface area contributed by atoms with Gasteiger partial charge >= 0.3 is 0 Å². The lowest BCUT2D eigenvalue weighted by atomic mass is 10.2. The van der Waals surface area contributed by atoms with E-state index in [1.165, 1.54) is 15.8 Å². The van der Waals surface area contributed by atoms with Crippen molar-refractivity contribution in [2.75, 3.05) is 5.32 Å². The molecule has 0 aliphatic rings. The zero-order valence-electron chi connectivity index (χ0n) is 8.45. The Balaban J connectivity index is 1.99.